The standard InChI is InChI=1S/C20H25BrO7S/c1-10-6-7-14(8-15(10)9-21)16-17(25-11(2)22)18(26-12(3)23)19(27-13(4)24)20(28-16)29-5/h6-8,16-20H,9H2,1-5H3/t16-,17-,18+,19-,20+/m0/s1. The zero-order valence-corrected chi connectivity index (χ0v) is 19.4. The number of halogens is 1. The molecule has 0 aliphatic carbocycles. The van der Waals surface area contributed by atoms with Crippen LogP contribution in [0.15, 0.2) is 18.2 Å². The zero-order chi connectivity index (χ0) is 21.7. The van der Waals surface area contributed by atoms with Gasteiger partial charge >= 0.3 is 17.9 Å². The molecule has 1 aliphatic rings. The largest absolute Gasteiger partial charge is 0.455 e. The van der Waals surface area contributed by atoms with Crippen molar-refractivity contribution >= 4 is 45.6 Å². The summed E-state index contributed by atoms with van der Waals surface area (Å²) in [5, 5.41) is 0.646. The number of ether oxygens (including phenoxy) is 4. The topological polar surface area (TPSA) is 88.1 Å². The first-order chi connectivity index (χ1) is 13.7. The molecular weight excluding hydrogens is 464 g/mol. The van der Waals surface area contributed by atoms with Crippen molar-refractivity contribution < 1.29 is 33.3 Å². The molecule has 1 heterocycles. The molecule has 1 aromatic carbocycles. The van der Waals surface area contributed by atoms with Crippen LogP contribution in [0.25, 0.3) is 0 Å². The van der Waals surface area contributed by atoms with E-state index in [1.54, 1.807) is 6.26 Å². The molecule has 9 heteroatoms. The van der Waals surface area contributed by atoms with Crippen molar-refractivity contribution in [1.82, 2.24) is 0 Å². The van der Waals surface area contributed by atoms with E-state index in [-0.39, 0.29) is 0 Å². The number of hydrogen-bond acceptors (Lipinski definition) is 8. The Morgan fingerprint density at radius 1 is 1.00 bits per heavy atom. The molecule has 2 rings (SSSR count). The molecule has 7 nitrogen and oxygen atoms in total. The zero-order valence-electron chi connectivity index (χ0n) is 17.0. The van der Waals surface area contributed by atoms with Crippen LogP contribution in [0.3, 0.4) is 0 Å². The first-order valence-electron chi connectivity index (χ1n) is 9.03. The second kappa shape index (κ2) is 10.4. The van der Waals surface area contributed by atoms with E-state index >= 15 is 0 Å². The maximum Gasteiger partial charge on any atom is 0.303 e. The Balaban J connectivity index is 2.54. The lowest BCUT2D eigenvalue weighted by Crippen LogP contribution is -2.57. The SMILES string of the molecule is CS[C@H]1O[C@@H](c2ccc(C)c(CBr)c2)[C@H](OC(C)=O)[C@@H](OC(C)=O)[C@@H]1OC(C)=O. The highest BCUT2D eigenvalue weighted by Gasteiger charge is 2.52. The van der Waals surface area contributed by atoms with Crippen molar-refractivity contribution in [2.75, 3.05) is 6.26 Å². The molecule has 0 N–H and O–H groups in total. The number of rotatable bonds is 6. The Labute approximate surface area is 182 Å². The van der Waals surface area contributed by atoms with Crippen LogP contribution in [0.2, 0.25) is 0 Å². The van der Waals surface area contributed by atoms with Gasteiger partial charge in [0.15, 0.2) is 18.3 Å². The Hall–Kier alpha value is -1.58. The first-order valence-corrected chi connectivity index (χ1v) is 11.4. The van der Waals surface area contributed by atoms with Crippen LogP contribution in [-0.2, 0) is 38.7 Å². The van der Waals surface area contributed by atoms with Gasteiger partial charge in [-0.2, -0.15) is 0 Å². The van der Waals surface area contributed by atoms with E-state index < -0.39 is 47.8 Å². The number of benzene rings is 1. The second-order valence-corrected chi connectivity index (χ2v) is 8.20. The molecular formula is C20H25BrO7S. The number of hydrogen-bond donors (Lipinski definition) is 0. The normalized spacial score (nSPS) is 26.5. The maximum atomic E-state index is 11.8. The summed E-state index contributed by atoms with van der Waals surface area (Å²) in [7, 11) is 0. The lowest BCUT2D eigenvalue weighted by Gasteiger charge is -2.44. The molecule has 0 radical (unpaired) electrons. The van der Waals surface area contributed by atoms with Crippen LogP contribution in [0.4, 0.5) is 0 Å². The third-order valence-electron chi connectivity index (χ3n) is 4.48. The van der Waals surface area contributed by atoms with Gasteiger partial charge in [-0.25, -0.2) is 0 Å². The van der Waals surface area contributed by atoms with E-state index in [4.69, 9.17) is 18.9 Å². The van der Waals surface area contributed by atoms with Gasteiger partial charge in [-0.1, -0.05) is 34.1 Å². The number of esters is 3. The van der Waals surface area contributed by atoms with Crippen molar-refractivity contribution in [3.8, 4) is 0 Å². The molecule has 0 spiro atoms. The fourth-order valence-electron chi connectivity index (χ4n) is 3.24. The highest BCUT2D eigenvalue weighted by atomic mass is 79.9. The van der Waals surface area contributed by atoms with Crippen LogP contribution in [0.5, 0.6) is 0 Å². The van der Waals surface area contributed by atoms with Gasteiger partial charge in [0.2, 0.25) is 0 Å². The molecule has 0 amide bonds. The van der Waals surface area contributed by atoms with Crippen LogP contribution >= 0.6 is 27.7 Å². The van der Waals surface area contributed by atoms with Crippen LogP contribution in [0, 0.1) is 6.92 Å². The van der Waals surface area contributed by atoms with Gasteiger partial charge in [0.25, 0.3) is 0 Å². The van der Waals surface area contributed by atoms with Crippen molar-refractivity contribution in [3.63, 3.8) is 0 Å². The molecule has 0 aromatic heterocycles. The number of carbonyl (C=O) groups excluding carboxylic acids is 3. The predicted octanol–water partition coefficient (Wildman–Crippen LogP) is 3.45. The molecule has 0 unspecified atom stereocenters. The number of alkyl halides is 1. The number of thioether (sulfide) groups is 1. The van der Waals surface area contributed by atoms with Crippen molar-refractivity contribution in [2.24, 2.45) is 0 Å². The molecule has 1 aliphatic heterocycles. The van der Waals surface area contributed by atoms with E-state index in [0.29, 0.717) is 5.33 Å². The van der Waals surface area contributed by atoms with Crippen molar-refractivity contribution in [1.29, 1.82) is 0 Å². The fourth-order valence-corrected chi connectivity index (χ4v) is 4.56. The lowest BCUT2D eigenvalue weighted by atomic mass is 9.92. The molecule has 1 aromatic rings. The van der Waals surface area contributed by atoms with Gasteiger partial charge in [-0.3, -0.25) is 14.4 Å². The lowest BCUT2D eigenvalue weighted by molar-refractivity contribution is -0.233. The molecule has 5 atom stereocenters. The van der Waals surface area contributed by atoms with Crippen LogP contribution in [0.1, 0.15) is 43.6 Å². The van der Waals surface area contributed by atoms with Crippen LogP contribution < -0.4 is 0 Å². The second-order valence-electron chi connectivity index (χ2n) is 6.70. The fraction of sp³-hybridized carbons (Fsp3) is 0.550. The van der Waals surface area contributed by atoms with E-state index in [9.17, 15) is 14.4 Å². The molecule has 0 bridgehead atoms. The van der Waals surface area contributed by atoms with Gasteiger partial charge < -0.3 is 18.9 Å². The smallest absolute Gasteiger partial charge is 0.303 e. The first kappa shape index (κ1) is 23.7. The minimum absolute atomic E-state index is 0.549. The molecule has 160 valence electrons. The van der Waals surface area contributed by atoms with E-state index in [1.807, 2.05) is 25.1 Å². The average Bonchev–Trinajstić information content (AvgIpc) is 2.64. The minimum atomic E-state index is -1.01. The van der Waals surface area contributed by atoms with Crippen molar-refractivity contribution in [3.05, 3.63) is 34.9 Å². The maximum absolute atomic E-state index is 11.8. The molecule has 1 fully saturated rings. The highest BCUT2D eigenvalue weighted by molar-refractivity contribution is 9.08. The number of carbonyl (C=O) groups is 3. The van der Waals surface area contributed by atoms with E-state index in [0.717, 1.165) is 16.7 Å². The Bertz CT molecular complexity index is 769. The number of aryl methyl sites for hydroxylation is 1. The van der Waals surface area contributed by atoms with Gasteiger partial charge in [0.1, 0.15) is 11.5 Å². The summed E-state index contributed by atoms with van der Waals surface area (Å²) in [4.78, 5) is 35.3. The molecule has 1 saturated heterocycles. The average molecular weight is 489 g/mol. The highest BCUT2D eigenvalue weighted by Crippen LogP contribution is 2.40. The van der Waals surface area contributed by atoms with Gasteiger partial charge in [-0.15, -0.1) is 11.8 Å². The Kier molecular flexibility index (Phi) is 8.54. The summed E-state index contributed by atoms with van der Waals surface area (Å²) in [5.41, 5.74) is 2.31. The third-order valence-corrected chi connectivity index (χ3v) is 5.93. The van der Waals surface area contributed by atoms with Gasteiger partial charge in [-0.05, 0) is 29.9 Å². The predicted molar refractivity (Wildman–Crippen MR) is 112 cm³/mol. The van der Waals surface area contributed by atoms with E-state index in [1.165, 1.54) is 32.5 Å². The third kappa shape index (κ3) is 5.96. The monoisotopic (exact) mass is 488 g/mol. The summed E-state index contributed by atoms with van der Waals surface area (Å²) in [6, 6.07) is 5.80. The summed E-state index contributed by atoms with van der Waals surface area (Å²) in [6.45, 7) is 5.78. The molecule has 0 saturated carbocycles. The van der Waals surface area contributed by atoms with Crippen LogP contribution in [-0.4, -0.2) is 47.9 Å². The summed E-state index contributed by atoms with van der Waals surface area (Å²) in [5.74, 6) is -1.68. The van der Waals surface area contributed by atoms with E-state index in [2.05, 4.69) is 15.9 Å². The van der Waals surface area contributed by atoms with Crippen molar-refractivity contribution in [2.45, 2.75) is 62.9 Å². The summed E-state index contributed by atoms with van der Waals surface area (Å²) in [6.07, 6.45) is -1.81. The Morgan fingerprint density at radius 3 is 2.07 bits per heavy atom. The van der Waals surface area contributed by atoms with Gasteiger partial charge in [0.05, 0.1) is 0 Å². The Morgan fingerprint density at radius 2 is 1.55 bits per heavy atom. The minimum Gasteiger partial charge on any atom is -0.455 e. The van der Waals surface area contributed by atoms with Gasteiger partial charge in [0, 0.05) is 26.1 Å². The molecule has 29 heavy (non-hydrogen) atoms. The quantitative estimate of drug-likeness (QED) is 0.341. The summed E-state index contributed by atoms with van der Waals surface area (Å²) >= 11 is 4.79. The summed E-state index contributed by atoms with van der Waals surface area (Å²) < 4.78 is 22.6.